The van der Waals surface area contributed by atoms with Crippen molar-refractivity contribution < 1.29 is 9.53 Å². The Morgan fingerprint density at radius 2 is 1.88 bits per heavy atom. The number of carbonyl (C=O) groups excluding carboxylic acids is 1. The van der Waals surface area contributed by atoms with Crippen LogP contribution >= 0.6 is 24.0 Å². The zero-order valence-electron chi connectivity index (χ0n) is 13.7. The molecule has 0 aromatic heterocycles. The first kappa shape index (κ1) is 19.3. The van der Waals surface area contributed by atoms with Crippen LogP contribution in [-0.2, 0) is 9.53 Å². The number of nitrogens with zero attached hydrogens (tertiary/aromatic N) is 2. The van der Waals surface area contributed by atoms with Gasteiger partial charge in [-0.25, -0.2) is 0 Å². The van der Waals surface area contributed by atoms with E-state index in [0.717, 1.165) is 49.7 Å². The summed E-state index contributed by atoms with van der Waals surface area (Å²) >= 11 is 6.06. The summed E-state index contributed by atoms with van der Waals surface area (Å²) in [6.07, 6.45) is 1.47. The van der Waals surface area contributed by atoms with E-state index in [1.165, 1.54) is 0 Å². The minimum Gasteiger partial charge on any atom is -0.381 e. The van der Waals surface area contributed by atoms with Gasteiger partial charge in [0.2, 0.25) is 5.91 Å². The average molecular weight is 374 g/mol. The lowest BCUT2D eigenvalue weighted by molar-refractivity contribution is -0.147. The van der Waals surface area contributed by atoms with Crippen molar-refractivity contribution in [2.24, 2.45) is 11.1 Å². The third-order valence-corrected chi connectivity index (χ3v) is 5.27. The number of hydrogen-bond acceptors (Lipinski definition) is 4. The van der Waals surface area contributed by atoms with Gasteiger partial charge in [0.05, 0.1) is 5.41 Å². The lowest BCUT2D eigenvalue weighted by Crippen LogP contribution is -2.56. The number of anilines is 1. The molecule has 5 nitrogen and oxygen atoms in total. The summed E-state index contributed by atoms with van der Waals surface area (Å²) < 4.78 is 5.40. The number of amides is 1. The second kappa shape index (κ2) is 8.39. The van der Waals surface area contributed by atoms with Crippen LogP contribution in [0.25, 0.3) is 0 Å². The maximum Gasteiger partial charge on any atom is 0.230 e. The molecule has 0 saturated carbocycles. The number of ether oxygens (including phenoxy) is 1. The third-order valence-electron chi connectivity index (χ3n) is 5.03. The molecule has 7 heteroatoms. The Morgan fingerprint density at radius 1 is 1.21 bits per heavy atom. The van der Waals surface area contributed by atoms with Crippen LogP contribution in [0, 0.1) is 5.41 Å². The van der Waals surface area contributed by atoms with Crippen LogP contribution in [0.5, 0.6) is 0 Å². The van der Waals surface area contributed by atoms with E-state index in [4.69, 9.17) is 22.1 Å². The molecule has 2 saturated heterocycles. The molecule has 2 N–H and O–H groups in total. The predicted octanol–water partition coefficient (Wildman–Crippen LogP) is 2.17. The van der Waals surface area contributed by atoms with Crippen molar-refractivity contribution in [3.63, 3.8) is 0 Å². The van der Waals surface area contributed by atoms with Gasteiger partial charge in [0, 0.05) is 56.6 Å². The lowest BCUT2D eigenvalue weighted by atomic mass is 9.78. The molecule has 134 valence electrons. The van der Waals surface area contributed by atoms with Crippen LogP contribution in [0.2, 0.25) is 5.02 Å². The summed E-state index contributed by atoms with van der Waals surface area (Å²) in [6.45, 7) is 4.77. The molecule has 24 heavy (non-hydrogen) atoms. The van der Waals surface area contributed by atoms with Gasteiger partial charge in [-0.2, -0.15) is 0 Å². The number of piperazine rings is 1. The molecule has 1 aromatic carbocycles. The van der Waals surface area contributed by atoms with Crippen molar-refractivity contribution in [3.8, 4) is 0 Å². The SMILES string of the molecule is Cl.NCC1(C(=O)N2CCN(c3cccc(Cl)c3)CC2)CCOCC1. The fourth-order valence-electron chi connectivity index (χ4n) is 3.44. The van der Waals surface area contributed by atoms with Crippen LogP contribution in [0.3, 0.4) is 0 Å². The van der Waals surface area contributed by atoms with Crippen molar-refractivity contribution in [2.75, 3.05) is 50.8 Å². The monoisotopic (exact) mass is 373 g/mol. The Bertz CT molecular complexity index is 557. The van der Waals surface area contributed by atoms with Crippen LogP contribution < -0.4 is 10.6 Å². The number of nitrogens with two attached hydrogens (primary N) is 1. The van der Waals surface area contributed by atoms with Crippen molar-refractivity contribution >= 4 is 35.6 Å². The molecule has 0 unspecified atom stereocenters. The van der Waals surface area contributed by atoms with Crippen molar-refractivity contribution in [3.05, 3.63) is 29.3 Å². The van der Waals surface area contributed by atoms with Gasteiger partial charge in [-0.05, 0) is 31.0 Å². The van der Waals surface area contributed by atoms with Crippen LogP contribution in [0.15, 0.2) is 24.3 Å². The summed E-state index contributed by atoms with van der Waals surface area (Å²) in [6, 6.07) is 7.86. The molecule has 2 fully saturated rings. The Kier molecular flexibility index (Phi) is 6.75. The molecule has 0 aliphatic carbocycles. The van der Waals surface area contributed by atoms with Crippen LogP contribution in [0.4, 0.5) is 5.69 Å². The van der Waals surface area contributed by atoms with Crippen molar-refractivity contribution in [1.82, 2.24) is 4.90 Å². The largest absolute Gasteiger partial charge is 0.381 e. The van der Waals surface area contributed by atoms with E-state index < -0.39 is 5.41 Å². The van der Waals surface area contributed by atoms with Gasteiger partial charge in [0.1, 0.15) is 0 Å². The fraction of sp³-hybridized carbons (Fsp3) is 0.588. The number of carbonyl (C=O) groups is 1. The van der Waals surface area contributed by atoms with Crippen molar-refractivity contribution in [2.45, 2.75) is 12.8 Å². The van der Waals surface area contributed by atoms with Gasteiger partial charge in [0.15, 0.2) is 0 Å². The quantitative estimate of drug-likeness (QED) is 0.881. The van der Waals surface area contributed by atoms with E-state index in [2.05, 4.69) is 11.0 Å². The van der Waals surface area contributed by atoms with E-state index in [0.29, 0.717) is 19.8 Å². The number of hydrogen-bond donors (Lipinski definition) is 1. The Labute approximate surface area is 154 Å². The summed E-state index contributed by atoms with van der Waals surface area (Å²) in [7, 11) is 0. The maximum atomic E-state index is 13.0. The molecule has 1 aromatic rings. The predicted molar refractivity (Wildman–Crippen MR) is 99.0 cm³/mol. The van der Waals surface area contributed by atoms with E-state index in [1.54, 1.807) is 0 Å². The standard InChI is InChI=1S/C17H24ClN3O2.ClH/c18-14-2-1-3-15(12-14)20-6-8-21(9-7-20)16(22)17(13-19)4-10-23-11-5-17;/h1-3,12H,4-11,13,19H2;1H. The number of rotatable bonds is 3. The first-order valence-electron chi connectivity index (χ1n) is 8.22. The van der Waals surface area contributed by atoms with Gasteiger partial charge >= 0.3 is 0 Å². The normalized spacial score (nSPS) is 20.4. The molecular weight excluding hydrogens is 349 g/mol. The summed E-state index contributed by atoms with van der Waals surface area (Å²) in [5.74, 6) is 0.203. The highest BCUT2D eigenvalue weighted by molar-refractivity contribution is 6.30. The molecular formula is C17H25Cl2N3O2. The summed E-state index contributed by atoms with van der Waals surface area (Å²) in [4.78, 5) is 17.2. The van der Waals surface area contributed by atoms with Gasteiger partial charge in [-0.3, -0.25) is 4.79 Å². The molecule has 0 radical (unpaired) electrons. The zero-order valence-corrected chi connectivity index (χ0v) is 15.3. The molecule has 2 aliphatic rings. The molecule has 2 aliphatic heterocycles. The molecule has 1 amide bonds. The van der Waals surface area contributed by atoms with Gasteiger partial charge in [-0.15, -0.1) is 12.4 Å². The highest BCUT2D eigenvalue weighted by atomic mass is 35.5. The zero-order chi connectivity index (χ0) is 16.3. The molecule has 2 heterocycles. The van der Waals surface area contributed by atoms with Gasteiger partial charge in [0.25, 0.3) is 0 Å². The maximum absolute atomic E-state index is 13.0. The van der Waals surface area contributed by atoms with E-state index in [1.807, 2.05) is 23.1 Å². The lowest BCUT2D eigenvalue weighted by Gasteiger charge is -2.42. The topological polar surface area (TPSA) is 58.8 Å². The summed E-state index contributed by atoms with van der Waals surface area (Å²) in [5.41, 5.74) is 6.65. The molecule has 0 spiro atoms. The first-order chi connectivity index (χ1) is 11.1. The second-order valence-electron chi connectivity index (χ2n) is 6.36. The first-order valence-corrected chi connectivity index (χ1v) is 8.60. The van der Waals surface area contributed by atoms with Crippen molar-refractivity contribution in [1.29, 1.82) is 0 Å². The second-order valence-corrected chi connectivity index (χ2v) is 6.79. The molecule has 0 atom stereocenters. The van der Waals surface area contributed by atoms with Crippen LogP contribution in [0.1, 0.15) is 12.8 Å². The van der Waals surface area contributed by atoms with Gasteiger partial charge in [-0.1, -0.05) is 17.7 Å². The highest BCUT2D eigenvalue weighted by Gasteiger charge is 2.42. The summed E-state index contributed by atoms with van der Waals surface area (Å²) in [5, 5.41) is 0.741. The third kappa shape index (κ3) is 3.97. The fourth-order valence-corrected chi connectivity index (χ4v) is 3.63. The number of halogens is 2. The minimum absolute atomic E-state index is 0. The molecule has 0 bridgehead atoms. The minimum atomic E-state index is -0.420. The van der Waals surface area contributed by atoms with E-state index >= 15 is 0 Å². The Morgan fingerprint density at radius 3 is 2.46 bits per heavy atom. The highest BCUT2D eigenvalue weighted by Crippen LogP contribution is 2.32. The Balaban J connectivity index is 0.00000208. The average Bonchev–Trinajstić information content (AvgIpc) is 2.62. The van der Waals surface area contributed by atoms with E-state index in [9.17, 15) is 4.79 Å². The Hall–Kier alpha value is -1.01. The molecule has 3 rings (SSSR count). The van der Waals surface area contributed by atoms with Crippen LogP contribution in [-0.4, -0.2) is 56.7 Å². The smallest absolute Gasteiger partial charge is 0.230 e. The number of benzene rings is 1. The van der Waals surface area contributed by atoms with E-state index in [-0.39, 0.29) is 18.3 Å². The van der Waals surface area contributed by atoms with Gasteiger partial charge < -0.3 is 20.3 Å².